The molecule has 0 aromatic heterocycles. The van der Waals surface area contributed by atoms with Gasteiger partial charge in [0.15, 0.2) is 0 Å². The van der Waals surface area contributed by atoms with E-state index in [2.05, 4.69) is 4.74 Å². The van der Waals surface area contributed by atoms with Crippen LogP contribution in [0.1, 0.15) is 6.92 Å². The highest BCUT2D eigenvalue weighted by atomic mass is 19.4. The molecule has 0 aliphatic rings. The quantitative estimate of drug-likeness (QED) is 0.671. The van der Waals surface area contributed by atoms with Crippen LogP contribution in [0.25, 0.3) is 0 Å². The van der Waals surface area contributed by atoms with Crippen LogP contribution in [-0.2, 0) is 4.74 Å². The molecule has 0 amide bonds. The van der Waals surface area contributed by atoms with Gasteiger partial charge in [-0.1, -0.05) is 0 Å². The topological polar surface area (TPSA) is 9.23 Å². The standard InChI is InChI=1S/C8H5F11O/c1-2-20-6(13,14)4(10)3(9)5(11,12)7(15,16)8(17,18)19/h2H2,1H3. The van der Waals surface area contributed by atoms with Crippen LogP contribution < -0.4 is 0 Å². The summed E-state index contributed by atoms with van der Waals surface area (Å²) < 4.78 is 138. The highest BCUT2D eigenvalue weighted by Crippen LogP contribution is 2.52. The fourth-order valence-corrected chi connectivity index (χ4v) is 0.826. The lowest BCUT2D eigenvalue weighted by Crippen LogP contribution is -2.52. The van der Waals surface area contributed by atoms with Gasteiger partial charge >= 0.3 is 24.1 Å². The van der Waals surface area contributed by atoms with E-state index in [0.29, 0.717) is 0 Å². The summed E-state index contributed by atoms with van der Waals surface area (Å²) in [6, 6.07) is 0. The number of hydrogen-bond acceptors (Lipinski definition) is 1. The molecule has 20 heavy (non-hydrogen) atoms. The Morgan fingerprint density at radius 1 is 0.800 bits per heavy atom. The second kappa shape index (κ2) is 5.37. The van der Waals surface area contributed by atoms with Crippen LogP contribution in [0.15, 0.2) is 11.7 Å². The molecule has 0 radical (unpaired) electrons. The third-order valence-electron chi connectivity index (χ3n) is 1.80. The molecule has 0 saturated carbocycles. The van der Waals surface area contributed by atoms with Gasteiger partial charge in [0.05, 0.1) is 6.61 Å². The Morgan fingerprint density at radius 3 is 1.50 bits per heavy atom. The smallest absolute Gasteiger partial charge is 0.315 e. The van der Waals surface area contributed by atoms with Gasteiger partial charge in [-0.05, 0) is 6.92 Å². The second-order valence-corrected chi connectivity index (χ2v) is 3.22. The molecule has 0 atom stereocenters. The van der Waals surface area contributed by atoms with Gasteiger partial charge in [-0.3, -0.25) is 0 Å². The first kappa shape index (κ1) is 18.9. The van der Waals surface area contributed by atoms with Crippen LogP contribution >= 0.6 is 0 Å². The van der Waals surface area contributed by atoms with Crippen molar-refractivity contribution in [2.75, 3.05) is 6.61 Å². The first-order valence-electron chi connectivity index (χ1n) is 4.53. The minimum absolute atomic E-state index is 0.779. The van der Waals surface area contributed by atoms with E-state index in [-0.39, 0.29) is 0 Å². The highest BCUT2D eigenvalue weighted by Gasteiger charge is 2.76. The van der Waals surface area contributed by atoms with E-state index < -0.39 is 42.4 Å². The maximum absolute atomic E-state index is 12.6. The van der Waals surface area contributed by atoms with E-state index in [9.17, 15) is 48.3 Å². The average Bonchev–Trinajstić information content (AvgIpc) is 2.24. The van der Waals surface area contributed by atoms with Crippen LogP contribution in [0.4, 0.5) is 48.3 Å². The van der Waals surface area contributed by atoms with Gasteiger partial charge in [0, 0.05) is 0 Å². The summed E-state index contributed by atoms with van der Waals surface area (Å²) in [6.45, 7) is -0.281. The summed E-state index contributed by atoms with van der Waals surface area (Å²) in [5.74, 6) is -22.1. The van der Waals surface area contributed by atoms with Crippen molar-refractivity contribution >= 4 is 0 Å². The lowest BCUT2D eigenvalue weighted by molar-refractivity contribution is -0.349. The molecule has 0 aliphatic carbocycles. The molecule has 120 valence electrons. The molecule has 0 aliphatic heterocycles. The molecule has 1 nitrogen and oxygen atoms in total. The van der Waals surface area contributed by atoms with Crippen molar-refractivity contribution in [3.8, 4) is 0 Å². The summed E-state index contributed by atoms with van der Waals surface area (Å²) in [4.78, 5) is 0. The molecule has 0 spiro atoms. The van der Waals surface area contributed by atoms with Crippen molar-refractivity contribution in [1.82, 2.24) is 0 Å². The zero-order chi connectivity index (χ0) is 16.6. The van der Waals surface area contributed by atoms with Crippen molar-refractivity contribution in [1.29, 1.82) is 0 Å². The third-order valence-corrected chi connectivity index (χ3v) is 1.80. The molecular formula is C8H5F11O. The van der Waals surface area contributed by atoms with Gasteiger partial charge < -0.3 is 4.74 Å². The maximum Gasteiger partial charge on any atom is 0.460 e. The van der Waals surface area contributed by atoms with E-state index >= 15 is 0 Å². The monoisotopic (exact) mass is 326 g/mol. The molecule has 0 aromatic carbocycles. The SMILES string of the molecule is CCOC(F)(F)C(F)=C(F)C(F)(F)C(F)(F)C(F)(F)F. The van der Waals surface area contributed by atoms with Crippen molar-refractivity contribution in [2.45, 2.75) is 31.1 Å². The highest BCUT2D eigenvalue weighted by molar-refractivity contribution is 5.19. The molecule has 0 bridgehead atoms. The Bertz CT molecular complexity index is 380. The first-order valence-corrected chi connectivity index (χ1v) is 4.53. The summed E-state index contributed by atoms with van der Waals surface area (Å²) >= 11 is 0. The zero-order valence-electron chi connectivity index (χ0n) is 9.27. The predicted molar refractivity (Wildman–Crippen MR) is 41.8 cm³/mol. The molecule has 0 aromatic rings. The summed E-state index contributed by atoms with van der Waals surface area (Å²) in [5, 5.41) is 0. The molecule has 0 saturated heterocycles. The molecule has 0 fully saturated rings. The third kappa shape index (κ3) is 3.15. The van der Waals surface area contributed by atoms with Gasteiger partial charge in [-0.15, -0.1) is 0 Å². The molecule has 0 rings (SSSR count). The number of halogens is 11. The lowest BCUT2D eigenvalue weighted by atomic mass is 10.1. The molecule has 0 N–H and O–H groups in total. The van der Waals surface area contributed by atoms with Crippen molar-refractivity contribution in [2.24, 2.45) is 0 Å². The largest absolute Gasteiger partial charge is 0.460 e. The molecule has 0 unspecified atom stereocenters. The second-order valence-electron chi connectivity index (χ2n) is 3.22. The Labute approximate surface area is 104 Å². The lowest BCUT2D eigenvalue weighted by Gasteiger charge is -2.27. The van der Waals surface area contributed by atoms with Gasteiger partial charge in [-0.25, -0.2) is 4.39 Å². The van der Waals surface area contributed by atoms with Crippen LogP contribution in [0.5, 0.6) is 0 Å². The fourth-order valence-electron chi connectivity index (χ4n) is 0.826. The van der Waals surface area contributed by atoms with Crippen LogP contribution in [0.3, 0.4) is 0 Å². The average molecular weight is 326 g/mol. The number of alkyl halides is 9. The number of allylic oxidation sites excluding steroid dienone is 1. The zero-order valence-corrected chi connectivity index (χ0v) is 9.27. The van der Waals surface area contributed by atoms with E-state index in [1.165, 1.54) is 0 Å². The van der Waals surface area contributed by atoms with Gasteiger partial charge in [-0.2, -0.15) is 43.9 Å². The van der Waals surface area contributed by atoms with E-state index in [1.54, 1.807) is 0 Å². The van der Waals surface area contributed by atoms with Crippen molar-refractivity contribution < 1.29 is 53.0 Å². The molecule has 12 heteroatoms. The summed E-state index contributed by atoms with van der Waals surface area (Å²) in [5.41, 5.74) is 0. The fraction of sp³-hybridized carbons (Fsp3) is 0.750. The number of rotatable bonds is 5. The number of hydrogen-bond donors (Lipinski definition) is 0. The summed E-state index contributed by atoms with van der Waals surface area (Å²) in [6.07, 6.45) is -12.4. The number of ether oxygens (including phenoxy) is 1. The normalized spacial score (nSPS) is 16.2. The minimum atomic E-state index is -7.09. The van der Waals surface area contributed by atoms with E-state index in [4.69, 9.17) is 0 Å². The minimum Gasteiger partial charge on any atom is -0.315 e. The van der Waals surface area contributed by atoms with Crippen molar-refractivity contribution in [3.63, 3.8) is 0 Å². The summed E-state index contributed by atoms with van der Waals surface area (Å²) in [7, 11) is 0. The first-order chi connectivity index (χ1) is 8.63. The molecular weight excluding hydrogens is 321 g/mol. The van der Waals surface area contributed by atoms with Gasteiger partial charge in [0.2, 0.25) is 11.7 Å². The molecule has 0 heterocycles. The maximum atomic E-state index is 12.6. The van der Waals surface area contributed by atoms with Crippen LogP contribution in [0, 0.1) is 0 Å². The predicted octanol–water partition coefficient (Wildman–Crippen LogP) is 4.60. The van der Waals surface area contributed by atoms with Crippen LogP contribution in [0.2, 0.25) is 0 Å². The Balaban J connectivity index is 5.84. The van der Waals surface area contributed by atoms with Crippen molar-refractivity contribution in [3.05, 3.63) is 11.7 Å². The van der Waals surface area contributed by atoms with E-state index in [0.717, 1.165) is 6.92 Å². The Hall–Kier alpha value is -1.07. The Morgan fingerprint density at radius 2 is 1.20 bits per heavy atom. The Kier molecular flexibility index (Phi) is 5.08. The van der Waals surface area contributed by atoms with Gasteiger partial charge in [0.1, 0.15) is 0 Å². The van der Waals surface area contributed by atoms with E-state index in [1.807, 2.05) is 0 Å². The van der Waals surface area contributed by atoms with Gasteiger partial charge in [0.25, 0.3) is 0 Å². The van der Waals surface area contributed by atoms with Crippen LogP contribution in [-0.4, -0.2) is 30.7 Å².